The highest BCUT2D eigenvalue weighted by atomic mass is 16.6. The zero-order valence-corrected chi connectivity index (χ0v) is 5.53. The smallest absolute Gasteiger partial charge is 0.352 e. The molecule has 8 N–H and O–H groups in total. The van der Waals surface area contributed by atoms with Gasteiger partial charge in [0.1, 0.15) is 0 Å². The first-order valence-electron chi connectivity index (χ1n) is 2.72. The van der Waals surface area contributed by atoms with Gasteiger partial charge in [-0.1, -0.05) is 0 Å². The van der Waals surface area contributed by atoms with Gasteiger partial charge in [0.25, 0.3) is 11.6 Å². The van der Waals surface area contributed by atoms with E-state index in [1.165, 1.54) is 0 Å². The molecule has 0 aromatic carbocycles. The van der Waals surface area contributed by atoms with Gasteiger partial charge >= 0.3 is 5.97 Å². The van der Waals surface area contributed by atoms with Gasteiger partial charge < -0.3 is 4.74 Å². The number of esters is 1. The number of Topliss-reactive ketones (excluding diaryl/α,β-unsaturated/α-hetero) is 1. The van der Waals surface area contributed by atoms with Crippen LogP contribution in [0.2, 0.25) is 0 Å². The molecule has 1 saturated heterocycles. The normalized spacial score (nSPS) is 26.9. The molecule has 1 fully saturated rings. The number of ketones is 1. The Morgan fingerprint density at radius 2 is 1.55 bits per heavy atom. The highest BCUT2D eigenvalue weighted by Gasteiger charge is 2.58. The number of cyclic esters (lactones) is 1. The van der Waals surface area contributed by atoms with Gasteiger partial charge in [0, 0.05) is 0 Å². The Kier molecular flexibility index (Phi) is 1.30. The fourth-order valence-electron chi connectivity index (χ4n) is 0.700. The van der Waals surface area contributed by atoms with E-state index in [0.717, 1.165) is 0 Å². The maximum atomic E-state index is 10.9. The average Bonchev–Trinajstić information content (AvgIpc) is 1.94. The summed E-state index contributed by atoms with van der Waals surface area (Å²) >= 11 is 0. The molecule has 0 aromatic heterocycles. The Labute approximate surface area is 61.6 Å². The standard InChI is InChI=1S/C4H8N4O3/c5-3(6)1(9)4(7,8)11-2(3)10/h5-8H2. The number of carbonyl (C=O) groups is 2. The van der Waals surface area contributed by atoms with Crippen LogP contribution in [0.5, 0.6) is 0 Å². The SMILES string of the molecule is NC1(N)OC(=O)C(N)(N)C1=O. The summed E-state index contributed by atoms with van der Waals surface area (Å²) in [6.45, 7) is 0. The highest BCUT2D eigenvalue weighted by molar-refractivity contribution is 6.15. The van der Waals surface area contributed by atoms with Crippen LogP contribution in [0.4, 0.5) is 0 Å². The molecule has 1 aliphatic heterocycles. The summed E-state index contributed by atoms with van der Waals surface area (Å²) in [6.07, 6.45) is 0. The molecule has 0 aromatic rings. The van der Waals surface area contributed by atoms with Gasteiger partial charge in [-0.25, -0.2) is 4.79 Å². The fraction of sp³-hybridized carbons (Fsp3) is 0.500. The van der Waals surface area contributed by atoms with Crippen molar-refractivity contribution in [2.75, 3.05) is 0 Å². The van der Waals surface area contributed by atoms with E-state index in [0.29, 0.717) is 0 Å². The minimum Gasteiger partial charge on any atom is -0.420 e. The molecule has 1 rings (SSSR count). The van der Waals surface area contributed by atoms with E-state index in [1.807, 2.05) is 0 Å². The summed E-state index contributed by atoms with van der Waals surface area (Å²) in [5.41, 5.74) is 17.9. The van der Waals surface area contributed by atoms with Crippen LogP contribution in [0.3, 0.4) is 0 Å². The zero-order valence-electron chi connectivity index (χ0n) is 5.53. The lowest BCUT2D eigenvalue weighted by Crippen LogP contribution is -2.65. The van der Waals surface area contributed by atoms with Crippen LogP contribution in [-0.2, 0) is 14.3 Å². The monoisotopic (exact) mass is 160 g/mol. The first kappa shape index (κ1) is 8.08. The number of hydrogen-bond donors (Lipinski definition) is 4. The quantitative estimate of drug-likeness (QED) is 0.162. The van der Waals surface area contributed by atoms with E-state index in [2.05, 4.69) is 4.74 Å². The van der Waals surface area contributed by atoms with E-state index in [-0.39, 0.29) is 0 Å². The third-order valence-corrected chi connectivity index (χ3v) is 1.33. The van der Waals surface area contributed by atoms with E-state index < -0.39 is 23.3 Å². The molecule has 11 heavy (non-hydrogen) atoms. The largest absolute Gasteiger partial charge is 0.420 e. The van der Waals surface area contributed by atoms with Crippen molar-refractivity contribution in [3.8, 4) is 0 Å². The number of nitrogens with two attached hydrogens (primary N) is 4. The summed E-state index contributed by atoms with van der Waals surface area (Å²) in [6, 6.07) is 0. The van der Waals surface area contributed by atoms with E-state index in [9.17, 15) is 9.59 Å². The van der Waals surface area contributed by atoms with Crippen molar-refractivity contribution in [3.05, 3.63) is 0 Å². The minimum atomic E-state index is -2.20. The van der Waals surface area contributed by atoms with Crippen LogP contribution in [0.15, 0.2) is 0 Å². The van der Waals surface area contributed by atoms with Crippen LogP contribution in [0, 0.1) is 0 Å². The van der Waals surface area contributed by atoms with Crippen LogP contribution in [0.1, 0.15) is 0 Å². The molecule has 0 radical (unpaired) electrons. The summed E-state index contributed by atoms with van der Waals surface area (Å²) in [5, 5.41) is 0. The number of hydrogen-bond acceptors (Lipinski definition) is 7. The van der Waals surface area contributed by atoms with Crippen molar-refractivity contribution in [1.29, 1.82) is 0 Å². The first-order chi connectivity index (χ1) is 4.78. The average molecular weight is 160 g/mol. The lowest BCUT2D eigenvalue weighted by molar-refractivity contribution is -0.152. The minimum absolute atomic E-state index is 1.03. The van der Waals surface area contributed by atoms with Crippen molar-refractivity contribution in [1.82, 2.24) is 0 Å². The van der Waals surface area contributed by atoms with Crippen molar-refractivity contribution < 1.29 is 14.3 Å². The van der Waals surface area contributed by atoms with Crippen molar-refractivity contribution in [2.24, 2.45) is 22.9 Å². The molecule has 7 heteroatoms. The summed E-state index contributed by atoms with van der Waals surface area (Å²) < 4.78 is 4.19. The summed E-state index contributed by atoms with van der Waals surface area (Å²) in [5.74, 6) is -4.33. The molecule has 0 unspecified atom stereocenters. The molecule has 0 bridgehead atoms. The lowest BCUT2D eigenvalue weighted by atomic mass is 10.1. The summed E-state index contributed by atoms with van der Waals surface area (Å²) in [7, 11) is 0. The molecule has 62 valence electrons. The molecule has 0 amide bonds. The van der Waals surface area contributed by atoms with Crippen LogP contribution in [-0.4, -0.2) is 23.3 Å². The molecule has 0 aliphatic carbocycles. The maximum absolute atomic E-state index is 10.9. The van der Waals surface area contributed by atoms with E-state index in [1.54, 1.807) is 0 Å². The Balaban J connectivity index is 3.09. The van der Waals surface area contributed by atoms with Crippen molar-refractivity contribution in [2.45, 2.75) is 11.5 Å². The third-order valence-electron chi connectivity index (χ3n) is 1.33. The topological polar surface area (TPSA) is 147 Å². The molecular formula is C4H8N4O3. The van der Waals surface area contributed by atoms with Crippen LogP contribution < -0.4 is 22.9 Å². The Morgan fingerprint density at radius 1 is 1.09 bits per heavy atom. The number of rotatable bonds is 0. The molecule has 0 spiro atoms. The predicted octanol–water partition coefficient (Wildman–Crippen LogP) is -3.70. The Morgan fingerprint density at radius 3 is 1.64 bits per heavy atom. The second kappa shape index (κ2) is 1.77. The number of carbonyl (C=O) groups excluding carboxylic acids is 2. The fourth-order valence-corrected chi connectivity index (χ4v) is 0.700. The van der Waals surface area contributed by atoms with Gasteiger partial charge in [-0.05, 0) is 0 Å². The maximum Gasteiger partial charge on any atom is 0.352 e. The van der Waals surface area contributed by atoms with Gasteiger partial charge in [-0.15, -0.1) is 0 Å². The predicted molar refractivity (Wildman–Crippen MR) is 33.3 cm³/mol. The Hall–Kier alpha value is -1.02. The van der Waals surface area contributed by atoms with Crippen molar-refractivity contribution >= 4 is 11.8 Å². The molecule has 0 atom stereocenters. The van der Waals surface area contributed by atoms with E-state index in [4.69, 9.17) is 22.9 Å². The van der Waals surface area contributed by atoms with Crippen LogP contribution in [0.25, 0.3) is 0 Å². The third kappa shape index (κ3) is 0.906. The second-order valence-electron chi connectivity index (χ2n) is 2.38. The highest BCUT2D eigenvalue weighted by Crippen LogP contribution is 2.16. The molecule has 0 saturated carbocycles. The van der Waals surface area contributed by atoms with Gasteiger partial charge in [0.2, 0.25) is 5.66 Å². The zero-order chi connectivity index (χ0) is 8.86. The van der Waals surface area contributed by atoms with Gasteiger partial charge in [0.05, 0.1) is 0 Å². The summed E-state index contributed by atoms with van der Waals surface area (Å²) in [4.78, 5) is 21.6. The van der Waals surface area contributed by atoms with Gasteiger partial charge in [0.15, 0.2) is 0 Å². The lowest BCUT2D eigenvalue weighted by Gasteiger charge is -2.13. The van der Waals surface area contributed by atoms with Gasteiger partial charge in [-0.3, -0.25) is 27.7 Å². The van der Waals surface area contributed by atoms with Gasteiger partial charge in [-0.2, -0.15) is 0 Å². The first-order valence-corrected chi connectivity index (χ1v) is 2.72. The second-order valence-corrected chi connectivity index (χ2v) is 2.38. The number of ether oxygens (including phenoxy) is 1. The molecule has 1 aliphatic rings. The Bertz CT molecular complexity index is 233. The molecular weight excluding hydrogens is 152 g/mol. The molecule has 1 heterocycles. The van der Waals surface area contributed by atoms with Crippen LogP contribution >= 0.6 is 0 Å². The molecule has 7 nitrogen and oxygen atoms in total. The van der Waals surface area contributed by atoms with Crippen molar-refractivity contribution in [3.63, 3.8) is 0 Å². The van der Waals surface area contributed by atoms with E-state index >= 15 is 0 Å².